The number of carbonyl (C=O) groups excluding carboxylic acids is 1. The second-order valence-corrected chi connectivity index (χ2v) is 5.10. The summed E-state index contributed by atoms with van der Waals surface area (Å²) in [6, 6.07) is 5.58. The Kier molecular flexibility index (Phi) is 6.12. The highest BCUT2D eigenvalue weighted by molar-refractivity contribution is 6.33. The lowest BCUT2D eigenvalue weighted by atomic mass is 10.1. The first-order chi connectivity index (χ1) is 8.97. The molecule has 1 aromatic carbocycles. The lowest BCUT2D eigenvalue weighted by Crippen LogP contribution is -2.37. The summed E-state index contributed by atoms with van der Waals surface area (Å²) >= 11 is 5.89. The Bertz CT molecular complexity index is 437. The molecule has 0 spiro atoms. The summed E-state index contributed by atoms with van der Waals surface area (Å²) in [6.45, 7) is 5.70. The van der Waals surface area contributed by atoms with Gasteiger partial charge in [0, 0.05) is 19.1 Å². The maximum Gasteiger partial charge on any atom is 0.253 e. The number of hydrogen-bond donors (Lipinski definition) is 2. The molecule has 5 heteroatoms. The van der Waals surface area contributed by atoms with Crippen molar-refractivity contribution in [2.75, 3.05) is 25.9 Å². The SMILES string of the molecule is CCC(C)N(C)CCNC(=O)c1cccc(Cl)c1N. The number of halogens is 1. The Morgan fingerprint density at radius 2 is 2.21 bits per heavy atom. The molecule has 0 aliphatic rings. The zero-order chi connectivity index (χ0) is 14.4. The largest absolute Gasteiger partial charge is 0.397 e. The van der Waals surface area contributed by atoms with Crippen LogP contribution in [0.15, 0.2) is 18.2 Å². The van der Waals surface area contributed by atoms with Crippen LogP contribution in [0.3, 0.4) is 0 Å². The average molecular weight is 284 g/mol. The number of rotatable bonds is 6. The van der Waals surface area contributed by atoms with E-state index in [2.05, 4.69) is 24.1 Å². The van der Waals surface area contributed by atoms with Gasteiger partial charge in [-0.3, -0.25) is 4.79 Å². The van der Waals surface area contributed by atoms with Gasteiger partial charge in [0.05, 0.1) is 16.3 Å². The predicted molar refractivity (Wildman–Crippen MR) is 80.6 cm³/mol. The number of amides is 1. The Balaban J connectivity index is 2.50. The van der Waals surface area contributed by atoms with Crippen molar-refractivity contribution >= 4 is 23.2 Å². The van der Waals surface area contributed by atoms with E-state index in [9.17, 15) is 4.79 Å². The molecular weight excluding hydrogens is 262 g/mol. The van der Waals surface area contributed by atoms with Crippen molar-refractivity contribution in [3.05, 3.63) is 28.8 Å². The fourth-order valence-electron chi connectivity index (χ4n) is 1.71. The molecule has 1 unspecified atom stereocenters. The van der Waals surface area contributed by atoms with Gasteiger partial charge < -0.3 is 16.0 Å². The Hall–Kier alpha value is -1.26. The van der Waals surface area contributed by atoms with Gasteiger partial charge >= 0.3 is 0 Å². The number of para-hydroxylation sites is 1. The van der Waals surface area contributed by atoms with Crippen LogP contribution in [0.25, 0.3) is 0 Å². The van der Waals surface area contributed by atoms with Crippen LogP contribution in [0.5, 0.6) is 0 Å². The number of anilines is 1. The second-order valence-electron chi connectivity index (χ2n) is 4.69. The van der Waals surface area contributed by atoms with Crippen molar-refractivity contribution in [2.45, 2.75) is 26.3 Å². The van der Waals surface area contributed by atoms with Crippen molar-refractivity contribution in [3.63, 3.8) is 0 Å². The molecular formula is C14H22ClN3O. The molecule has 0 aliphatic heterocycles. The summed E-state index contributed by atoms with van der Waals surface area (Å²) in [7, 11) is 2.05. The molecule has 0 saturated carbocycles. The van der Waals surface area contributed by atoms with Crippen molar-refractivity contribution in [1.82, 2.24) is 10.2 Å². The van der Waals surface area contributed by atoms with Gasteiger partial charge in [0.25, 0.3) is 5.91 Å². The van der Waals surface area contributed by atoms with Gasteiger partial charge in [0.2, 0.25) is 0 Å². The lowest BCUT2D eigenvalue weighted by Gasteiger charge is -2.23. The molecule has 0 radical (unpaired) electrons. The molecule has 1 aromatic rings. The van der Waals surface area contributed by atoms with E-state index < -0.39 is 0 Å². The Labute approximate surface area is 119 Å². The summed E-state index contributed by atoms with van der Waals surface area (Å²) in [6.07, 6.45) is 1.09. The van der Waals surface area contributed by atoms with E-state index in [1.54, 1.807) is 18.2 Å². The molecule has 1 amide bonds. The number of nitrogen functional groups attached to an aromatic ring is 1. The Morgan fingerprint density at radius 1 is 1.53 bits per heavy atom. The highest BCUT2D eigenvalue weighted by atomic mass is 35.5. The van der Waals surface area contributed by atoms with Crippen molar-refractivity contribution in [1.29, 1.82) is 0 Å². The maximum atomic E-state index is 12.0. The van der Waals surface area contributed by atoms with Gasteiger partial charge in [-0.25, -0.2) is 0 Å². The summed E-state index contributed by atoms with van der Waals surface area (Å²) in [5.74, 6) is -0.183. The van der Waals surface area contributed by atoms with Gasteiger partial charge in [0.15, 0.2) is 0 Å². The smallest absolute Gasteiger partial charge is 0.253 e. The highest BCUT2D eigenvalue weighted by Crippen LogP contribution is 2.22. The summed E-state index contributed by atoms with van der Waals surface area (Å²) in [4.78, 5) is 14.2. The van der Waals surface area contributed by atoms with Crippen molar-refractivity contribution in [2.24, 2.45) is 0 Å². The van der Waals surface area contributed by atoms with E-state index in [-0.39, 0.29) is 5.91 Å². The van der Waals surface area contributed by atoms with Gasteiger partial charge in [-0.15, -0.1) is 0 Å². The van der Waals surface area contributed by atoms with Crippen LogP contribution in [0.4, 0.5) is 5.69 Å². The number of nitrogens with zero attached hydrogens (tertiary/aromatic N) is 1. The van der Waals surface area contributed by atoms with Crippen LogP contribution in [0.2, 0.25) is 5.02 Å². The molecule has 0 heterocycles. The fraction of sp³-hybridized carbons (Fsp3) is 0.500. The first-order valence-electron chi connectivity index (χ1n) is 6.49. The third-order valence-corrected chi connectivity index (χ3v) is 3.72. The number of carbonyl (C=O) groups is 1. The minimum absolute atomic E-state index is 0.183. The standard InChI is InChI=1S/C14H22ClN3O/c1-4-10(2)18(3)9-8-17-14(19)11-6-5-7-12(15)13(11)16/h5-7,10H,4,8-9,16H2,1-3H3,(H,17,19). The van der Waals surface area contributed by atoms with E-state index in [1.807, 2.05) is 7.05 Å². The predicted octanol–water partition coefficient (Wildman–Crippen LogP) is 2.38. The van der Waals surface area contributed by atoms with Crippen LogP contribution < -0.4 is 11.1 Å². The topological polar surface area (TPSA) is 58.4 Å². The third-order valence-electron chi connectivity index (χ3n) is 3.39. The zero-order valence-corrected chi connectivity index (χ0v) is 12.5. The summed E-state index contributed by atoms with van der Waals surface area (Å²) in [5.41, 5.74) is 6.54. The van der Waals surface area contributed by atoms with Crippen LogP contribution in [0.1, 0.15) is 30.6 Å². The molecule has 0 aliphatic carbocycles. The van der Waals surface area contributed by atoms with Gasteiger partial charge in [-0.1, -0.05) is 24.6 Å². The van der Waals surface area contributed by atoms with Crippen LogP contribution in [-0.2, 0) is 0 Å². The minimum Gasteiger partial charge on any atom is -0.397 e. The van der Waals surface area contributed by atoms with E-state index in [1.165, 1.54) is 0 Å². The van der Waals surface area contributed by atoms with Gasteiger partial charge in [0.1, 0.15) is 0 Å². The van der Waals surface area contributed by atoms with Gasteiger partial charge in [-0.05, 0) is 32.5 Å². The van der Waals surface area contributed by atoms with Crippen molar-refractivity contribution < 1.29 is 4.79 Å². The normalized spacial score (nSPS) is 12.5. The molecule has 0 fully saturated rings. The van der Waals surface area contributed by atoms with Crippen molar-refractivity contribution in [3.8, 4) is 0 Å². The average Bonchev–Trinajstić information content (AvgIpc) is 2.40. The molecule has 0 saturated heterocycles. The van der Waals surface area contributed by atoms with E-state index >= 15 is 0 Å². The number of benzene rings is 1. The van der Waals surface area contributed by atoms with Crippen LogP contribution in [-0.4, -0.2) is 37.0 Å². The molecule has 0 aromatic heterocycles. The first kappa shape index (κ1) is 15.8. The molecule has 1 atom stereocenters. The molecule has 106 valence electrons. The number of likely N-dealkylation sites (N-methyl/N-ethyl adjacent to an activating group) is 1. The van der Waals surface area contributed by atoms with Crippen LogP contribution in [0, 0.1) is 0 Å². The summed E-state index contributed by atoms with van der Waals surface area (Å²) in [5, 5.41) is 3.26. The Morgan fingerprint density at radius 3 is 2.84 bits per heavy atom. The monoisotopic (exact) mass is 283 g/mol. The molecule has 19 heavy (non-hydrogen) atoms. The molecule has 1 rings (SSSR count). The number of hydrogen-bond acceptors (Lipinski definition) is 3. The van der Waals surface area contributed by atoms with E-state index in [0.29, 0.717) is 28.9 Å². The number of nitrogens with two attached hydrogens (primary N) is 1. The summed E-state index contributed by atoms with van der Waals surface area (Å²) < 4.78 is 0. The van der Waals surface area contributed by atoms with Crippen LogP contribution >= 0.6 is 11.6 Å². The first-order valence-corrected chi connectivity index (χ1v) is 6.87. The molecule has 4 nitrogen and oxygen atoms in total. The zero-order valence-electron chi connectivity index (χ0n) is 11.7. The van der Waals surface area contributed by atoms with E-state index in [0.717, 1.165) is 13.0 Å². The maximum absolute atomic E-state index is 12.0. The number of nitrogens with one attached hydrogen (secondary N) is 1. The molecule has 0 bridgehead atoms. The molecule has 3 N–H and O–H groups in total. The minimum atomic E-state index is -0.183. The van der Waals surface area contributed by atoms with Gasteiger partial charge in [-0.2, -0.15) is 0 Å². The third kappa shape index (κ3) is 4.40. The fourth-order valence-corrected chi connectivity index (χ4v) is 1.88. The second kappa shape index (κ2) is 7.36. The quantitative estimate of drug-likeness (QED) is 0.788. The highest BCUT2D eigenvalue weighted by Gasteiger charge is 2.12. The van der Waals surface area contributed by atoms with E-state index in [4.69, 9.17) is 17.3 Å². The lowest BCUT2D eigenvalue weighted by molar-refractivity contribution is 0.0948.